The summed E-state index contributed by atoms with van der Waals surface area (Å²) in [6.07, 6.45) is 1.22. The molecule has 150 valence electrons. The number of anilines is 1. The maximum atomic E-state index is 12.7. The van der Waals surface area contributed by atoms with Gasteiger partial charge >= 0.3 is 0 Å². The van der Waals surface area contributed by atoms with Crippen LogP contribution >= 0.6 is 0 Å². The Morgan fingerprint density at radius 3 is 2.67 bits per heavy atom. The zero-order chi connectivity index (χ0) is 21.1. The Morgan fingerprint density at radius 1 is 1.17 bits per heavy atom. The summed E-state index contributed by atoms with van der Waals surface area (Å²) in [5.74, 6) is -0.898. The van der Waals surface area contributed by atoms with E-state index in [4.69, 9.17) is 5.73 Å². The van der Waals surface area contributed by atoms with Crippen LogP contribution in [0.2, 0.25) is 0 Å². The Kier molecular flexibility index (Phi) is 4.78. The van der Waals surface area contributed by atoms with Gasteiger partial charge in [0.2, 0.25) is 11.6 Å². The second kappa shape index (κ2) is 7.71. The predicted molar refractivity (Wildman–Crippen MR) is 104 cm³/mol. The number of nitrogens with two attached hydrogens (primary N) is 1. The lowest BCUT2D eigenvalue weighted by Gasteiger charge is -2.05. The van der Waals surface area contributed by atoms with Gasteiger partial charge in [-0.3, -0.25) is 4.79 Å². The van der Waals surface area contributed by atoms with Gasteiger partial charge in [-0.15, -0.1) is 5.10 Å². The van der Waals surface area contributed by atoms with Gasteiger partial charge in [0.1, 0.15) is 17.2 Å². The fraction of sp³-hybridized carbons (Fsp3) is 0. The average Bonchev–Trinajstić information content (AvgIpc) is 3.36. The number of phenolic OH excluding ortho intramolecular Hbond substituents is 2. The number of nitrogen functional groups attached to an aromatic ring is 1. The highest BCUT2D eigenvalue weighted by atomic mass is 16.6. The lowest BCUT2D eigenvalue weighted by Crippen LogP contribution is -2.19. The van der Waals surface area contributed by atoms with Gasteiger partial charge in [-0.05, 0) is 22.4 Å². The number of phenols is 2. The van der Waals surface area contributed by atoms with Crippen molar-refractivity contribution in [1.82, 2.24) is 30.7 Å². The second-order valence-electron chi connectivity index (χ2n) is 5.98. The Labute approximate surface area is 168 Å². The van der Waals surface area contributed by atoms with E-state index in [0.717, 1.165) is 6.07 Å². The number of hydrazone groups is 1. The summed E-state index contributed by atoms with van der Waals surface area (Å²) in [5, 5.41) is 38.0. The van der Waals surface area contributed by atoms with E-state index < -0.39 is 5.91 Å². The first-order chi connectivity index (χ1) is 14.5. The molecule has 0 saturated heterocycles. The lowest BCUT2D eigenvalue weighted by molar-refractivity contribution is 0.0950. The molecule has 0 aliphatic rings. The molecule has 0 spiro atoms. The normalized spacial score (nSPS) is 11.1. The SMILES string of the molecule is Nc1nonc1-n1nnc(C(=O)N/N=C\c2ccc(O)cc2O)c1-c1ccccc1. The number of amides is 1. The third-order valence-corrected chi connectivity index (χ3v) is 4.01. The molecule has 4 aromatic rings. The highest BCUT2D eigenvalue weighted by Crippen LogP contribution is 2.26. The number of carbonyl (C=O) groups is 1. The fourth-order valence-corrected chi connectivity index (χ4v) is 2.63. The molecule has 1 amide bonds. The summed E-state index contributed by atoms with van der Waals surface area (Å²) in [5.41, 5.74) is 9.25. The van der Waals surface area contributed by atoms with Gasteiger partial charge in [-0.2, -0.15) is 9.78 Å². The molecule has 5 N–H and O–H groups in total. The molecule has 0 aliphatic heterocycles. The highest BCUT2D eigenvalue weighted by Gasteiger charge is 2.24. The monoisotopic (exact) mass is 406 g/mol. The van der Waals surface area contributed by atoms with Crippen molar-refractivity contribution in [3.05, 3.63) is 59.8 Å². The first-order valence-electron chi connectivity index (χ1n) is 8.49. The van der Waals surface area contributed by atoms with E-state index in [9.17, 15) is 15.0 Å². The molecular formula is C18H14N8O4. The van der Waals surface area contributed by atoms with E-state index in [2.05, 4.69) is 35.8 Å². The van der Waals surface area contributed by atoms with E-state index in [1.165, 1.54) is 23.0 Å². The van der Waals surface area contributed by atoms with Crippen molar-refractivity contribution in [2.75, 3.05) is 5.73 Å². The summed E-state index contributed by atoms with van der Waals surface area (Å²) >= 11 is 0. The predicted octanol–water partition coefficient (Wildman–Crippen LogP) is 1.07. The Balaban J connectivity index is 1.67. The second-order valence-corrected chi connectivity index (χ2v) is 5.98. The van der Waals surface area contributed by atoms with E-state index in [-0.39, 0.29) is 28.8 Å². The van der Waals surface area contributed by atoms with Gasteiger partial charge in [0, 0.05) is 17.2 Å². The summed E-state index contributed by atoms with van der Waals surface area (Å²) in [7, 11) is 0. The van der Waals surface area contributed by atoms with Gasteiger partial charge in [0.05, 0.1) is 6.21 Å². The van der Waals surface area contributed by atoms with Crippen LogP contribution in [-0.4, -0.2) is 47.6 Å². The van der Waals surface area contributed by atoms with Crippen LogP contribution in [0.25, 0.3) is 17.1 Å². The number of hydrogen-bond donors (Lipinski definition) is 4. The first kappa shape index (κ1) is 18.6. The molecule has 12 heteroatoms. The number of rotatable bonds is 5. The minimum absolute atomic E-state index is 0.0233. The zero-order valence-corrected chi connectivity index (χ0v) is 15.2. The summed E-state index contributed by atoms with van der Waals surface area (Å²) in [4.78, 5) is 12.7. The first-order valence-corrected chi connectivity index (χ1v) is 8.49. The maximum Gasteiger partial charge on any atom is 0.294 e. The van der Waals surface area contributed by atoms with Gasteiger partial charge in [-0.1, -0.05) is 35.5 Å². The number of aromatic nitrogens is 5. The minimum Gasteiger partial charge on any atom is -0.508 e. The summed E-state index contributed by atoms with van der Waals surface area (Å²) in [6, 6.07) is 12.9. The Morgan fingerprint density at radius 2 is 1.97 bits per heavy atom. The van der Waals surface area contributed by atoms with Gasteiger partial charge in [-0.25, -0.2) is 10.1 Å². The van der Waals surface area contributed by atoms with Crippen LogP contribution in [0.5, 0.6) is 11.5 Å². The van der Waals surface area contributed by atoms with Crippen molar-refractivity contribution in [2.45, 2.75) is 0 Å². The van der Waals surface area contributed by atoms with Crippen molar-refractivity contribution in [2.24, 2.45) is 5.10 Å². The standard InChI is InChI=1S/C18H14N8O4/c19-16-17(24-30-23-16)26-15(10-4-2-1-3-5-10)14(21-25-26)18(29)22-20-9-11-6-7-12(27)8-13(11)28/h1-9,27-28H,(H2,19,23)(H,22,29)/b20-9-. The molecule has 2 heterocycles. The van der Waals surface area contributed by atoms with Crippen molar-refractivity contribution in [1.29, 1.82) is 0 Å². The molecule has 0 bridgehead atoms. The molecule has 0 atom stereocenters. The third-order valence-electron chi connectivity index (χ3n) is 4.01. The number of benzene rings is 2. The van der Waals surface area contributed by atoms with Crippen LogP contribution in [-0.2, 0) is 0 Å². The minimum atomic E-state index is -0.662. The molecule has 2 aromatic heterocycles. The molecule has 0 unspecified atom stereocenters. The number of aromatic hydroxyl groups is 2. The van der Waals surface area contributed by atoms with Crippen molar-refractivity contribution < 1.29 is 19.6 Å². The lowest BCUT2D eigenvalue weighted by atomic mass is 10.1. The zero-order valence-electron chi connectivity index (χ0n) is 15.2. The van der Waals surface area contributed by atoms with Crippen molar-refractivity contribution in [3.63, 3.8) is 0 Å². The van der Waals surface area contributed by atoms with Gasteiger partial charge in [0.25, 0.3) is 5.91 Å². The van der Waals surface area contributed by atoms with Crippen molar-refractivity contribution in [3.8, 4) is 28.6 Å². The molecule has 2 aromatic carbocycles. The molecule has 12 nitrogen and oxygen atoms in total. The Bertz CT molecular complexity index is 1230. The highest BCUT2D eigenvalue weighted by molar-refractivity contribution is 5.99. The molecular weight excluding hydrogens is 392 g/mol. The topological polar surface area (TPSA) is 178 Å². The van der Waals surface area contributed by atoms with Crippen LogP contribution in [0.1, 0.15) is 16.1 Å². The fourth-order valence-electron chi connectivity index (χ4n) is 2.63. The van der Waals surface area contributed by atoms with E-state index in [1.807, 2.05) is 6.07 Å². The Hall–Kier alpha value is -4.74. The quantitative estimate of drug-likeness (QED) is 0.279. The number of nitrogens with zero attached hydrogens (tertiary/aromatic N) is 6. The van der Waals surface area contributed by atoms with Crippen LogP contribution in [0.4, 0.5) is 5.82 Å². The van der Waals surface area contributed by atoms with Crippen LogP contribution in [0.15, 0.2) is 58.3 Å². The summed E-state index contributed by atoms with van der Waals surface area (Å²) < 4.78 is 5.86. The largest absolute Gasteiger partial charge is 0.508 e. The molecule has 0 saturated carbocycles. The third kappa shape index (κ3) is 3.52. The number of carbonyl (C=O) groups excluding carboxylic acids is 1. The molecule has 0 aliphatic carbocycles. The van der Waals surface area contributed by atoms with Crippen LogP contribution in [0, 0.1) is 0 Å². The maximum absolute atomic E-state index is 12.7. The van der Waals surface area contributed by atoms with Crippen molar-refractivity contribution >= 4 is 17.9 Å². The van der Waals surface area contributed by atoms with Crippen LogP contribution < -0.4 is 11.2 Å². The molecule has 30 heavy (non-hydrogen) atoms. The van der Waals surface area contributed by atoms with Crippen LogP contribution in [0.3, 0.4) is 0 Å². The van der Waals surface area contributed by atoms with Gasteiger partial charge in [0.15, 0.2) is 5.69 Å². The number of hydrogen-bond acceptors (Lipinski definition) is 10. The molecule has 4 rings (SSSR count). The number of nitrogens with one attached hydrogen (secondary N) is 1. The molecule has 0 fully saturated rings. The van der Waals surface area contributed by atoms with E-state index in [0.29, 0.717) is 16.8 Å². The van der Waals surface area contributed by atoms with E-state index in [1.54, 1.807) is 24.3 Å². The average molecular weight is 406 g/mol. The van der Waals surface area contributed by atoms with E-state index >= 15 is 0 Å². The molecule has 0 radical (unpaired) electrons. The van der Waals surface area contributed by atoms with Gasteiger partial charge < -0.3 is 15.9 Å². The smallest absolute Gasteiger partial charge is 0.294 e. The summed E-state index contributed by atoms with van der Waals surface area (Å²) in [6.45, 7) is 0.